The molecule has 0 aliphatic carbocycles. The molecule has 1 unspecified atom stereocenters. The van der Waals surface area contributed by atoms with Crippen LogP contribution >= 0.6 is 12.6 Å². The molecule has 6 heteroatoms. The zero-order chi connectivity index (χ0) is 23.0. The van der Waals surface area contributed by atoms with E-state index in [2.05, 4.69) is 76.8 Å². The molecule has 0 spiro atoms. The fourth-order valence-corrected chi connectivity index (χ4v) is 4.42. The van der Waals surface area contributed by atoms with Gasteiger partial charge < -0.3 is 10.5 Å². The third kappa shape index (κ3) is 10.6. The van der Waals surface area contributed by atoms with Crippen LogP contribution in [-0.4, -0.2) is 34.7 Å². The Balaban J connectivity index is 2.39. The predicted octanol–water partition coefficient (Wildman–Crippen LogP) is 4.47. The molecule has 1 rings (SSSR count). The molecule has 170 valence electrons. The number of amides is 1. The second-order valence-corrected chi connectivity index (χ2v) is 11.5. The van der Waals surface area contributed by atoms with E-state index < -0.39 is 4.75 Å². The smallest absolute Gasteiger partial charge is 0.220 e. The lowest BCUT2D eigenvalue weighted by molar-refractivity contribution is -0.122. The maximum absolute atomic E-state index is 12.3. The summed E-state index contributed by atoms with van der Waals surface area (Å²) in [5.74, 6) is -0.0325. The third-order valence-electron chi connectivity index (χ3n) is 5.30. The number of rotatable bonds is 12. The standard InChI is InChI=1S/C24H40N2O3S/c1-22(2,3)19-9-7-18(8-10-19)12-14-25-21(28)11-13-23(4,5)17-24(6,30)15-20(27)16-26-29/h7-10,26,29-30H,11-17H2,1-6H3,(H,25,28). The summed E-state index contributed by atoms with van der Waals surface area (Å²) in [5.41, 5.74) is 4.45. The minimum absolute atomic E-state index is 0.0517. The highest BCUT2D eigenvalue weighted by Crippen LogP contribution is 2.37. The monoisotopic (exact) mass is 436 g/mol. The van der Waals surface area contributed by atoms with Crippen molar-refractivity contribution < 1.29 is 14.8 Å². The van der Waals surface area contributed by atoms with Crippen molar-refractivity contribution in [3.63, 3.8) is 0 Å². The summed E-state index contributed by atoms with van der Waals surface area (Å²) in [4.78, 5) is 24.1. The number of hydroxylamine groups is 1. The van der Waals surface area contributed by atoms with Crippen molar-refractivity contribution in [3.8, 4) is 0 Å². The molecule has 0 aliphatic heterocycles. The zero-order valence-electron chi connectivity index (χ0n) is 19.5. The van der Waals surface area contributed by atoms with Crippen LogP contribution in [0.3, 0.4) is 0 Å². The van der Waals surface area contributed by atoms with Gasteiger partial charge in [-0.3, -0.25) is 9.59 Å². The van der Waals surface area contributed by atoms with E-state index in [-0.39, 0.29) is 35.5 Å². The summed E-state index contributed by atoms with van der Waals surface area (Å²) in [6.45, 7) is 13.3. The molecule has 0 aliphatic rings. The molecule has 0 saturated heterocycles. The number of carbonyl (C=O) groups is 2. The number of nitrogens with one attached hydrogen (secondary N) is 2. The highest BCUT2D eigenvalue weighted by molar-refractivity contribution is 7.81. The Hall–Kier alpha value is -1.37. The molecule has 5 nitrogen and oxygen atoms in total. The van der Waals surface area contributed by atoms with E-state index in [0.29, 0.717) is 19.4 Å². The normalized spacial score (nSPS) is 14.3. The Morgan fingerprint density at radius 2 is 1.63 bits per heavy atom. The average molecular weight is 437 g/mol. The van der Waals surface area contributed by atoms with Gasteiger partial charge in [-0.15, -0.1) is 0 Å². The van der Waals surface area contributed by atoms with E-state index in [9.17, 15) is 9.59 Å². The number of carbonyl (C=O) groups excluding carboxylic acids is 2. The summed E-state index contributed by atoms with van der Waals surface area (Å²) in [7, 11) is 0. The number of ketones is 1. The van der Waals surface area contributed by atoms with Gasteiger partial charge in [0.15, 0.2) is 0 Å². The van der Waals surface area contributed by atoms with Gasteiger partial charge in [0.25, 0.3) is 0 Å². The number of thiol groups is 1. The van der Waals surface area contributed by atoms with E-state index >= 15 is 0 Å². The molecule has 0 radical (unpaired) electrons. The molecular formula is C24H40N2O3S. The Bertz CT molecular complexity index is 691. The number of benzene rings is 1. The van der Waals surface area contributed by atoms with Gasteiger partial charge in [0.1, 0.15) is 5.78 Å². The summed E-state index contributed by atoms with van der Waals surface area (Å²) in [5, 5.41) is 11.7. The van der Waals surface area contributed by atoms with Crippen LogP contribution in [-0.2, 0) is 21.4 Å². The lowest BCUT2D eigenvalue weighted by Crippen LogP contribution is -2.33. The molecule has 1 aromatic rings. The Labute approximate surface area is 187 Å². The second-order valence-electron chi connectivity index (χ2n) is 10.4. The van der Waals surface area contributed by atoms with Gasteiger partial charge >= 0.3 is 0 Å². The maximum Gasteiger partial charge on any atom is 0.220 e. The summed E-state index contributed by atoms with van der Waals surface area (Å²) < 4.78 is -0.479. The van der Waals surface area contributed by atoms with Gasteiger partial charge in [-0.25, -0.2) is 0 Å². The van der Waals surface area contributed by atoms with Crippen LogP contribution in [0, 0.1) is 5.41 Å². The van der Waals surface area contributed by atoms with Gasteiger partial charge in [0.2, 0.25) is 5.91 Å². The molecule has 1 amide bonds. The van der Waals surface area contributed by atoms with Crippen LogP contribution in [0.1, 0.15) is 78.4 Å². The third-order valence-corrected chi connectivity index (χ3v) is 5.61. The van der Waals surface area contributed by atoms with E-state index in [1.165, 1.54) is 11.1 Å². The molecule has 0 fully saturated rings. The van der Waals surface area contributed by atoms with Gasteiger partial charge in [0.05, 0.1) is 6.54 Å². The highest BCUT2D eigenvalue weighted by atomic mass is 32.1. The van der Waals surface area contributed by atoms with Crippen molar-refractivity contribution >= 4 is 24.3 Å². The summed E-state index contributed by atoms with van der Waals surface area (Å²) in [6.07, 6.45) is 2.96. The predicted molar refractivity (Wildman–Crippen MR) is 126 cm³/mol. The van der Waals surface area contributed by atoms with Gasteiger partial charge in [0, 0.05) is 24.1 Å². The first-order chi connectivity index (χ1) is 13.7. The molecule has 30 heavy (non-hydrogen) atoms. The van der Waals surface area contributed by atoms with Crippen LogP contribution in [0.5, 0.6) is 0 Å². The van der Waals surface area contributed by atoms with Crippen molar-refractivity contribution in [1.82, 2.24) is 10.8 Å². The second kappa shape index (κ2) is 11.3. The van der Waals surface area contributed by atoms with Crippen molar-refractivity contribution in [3.05, 3.63) is 35.4 Å². The fraction of sp³-hybridized carbons (Fsp3) is 0.667. The van der Waals surface area contributed by atoms with Crippen LogP contribution in [0.15, 0.2) is 24.3 Å². The van der Waals surface area contributed by atoms with Gasteiger partial charge in [-0.1, -0.05) is 65.8 Å². The molecule has 0 saturated carbocycles. The molecule has 1 aromatic carbocycles. The molecule has 1 atom stereocenters. The van der Waals surface area contributed by atoms with E-state index in [0.717, 1.165) is 12.8 Å². The first-order valence-corrected chi connectivity index (χ1v) is 11.2. The minimum Gasteiger partial charge on any atom is -0.356 e. The summed E-state index contributed by atoms with van der Waals surface area (Å²) >= 11 is 4.65. The Kier molecular flexibility index (Phi) is 10.0. The number of hydrogen-bond donors (Lipinski definition) is 4. The summed E-state index contributed by atoms with van der Waals surface area (Å²) in [6, 6.07) is 8.60. The topological polar surface area (TPSA) is 78.4 Å². The van der Waals surface area contributed by atoms with E-state index in [4.69, 9.17) is 5.21 Å². The van der Waals surface area contributed by atoms with Crippen molar-refractivity contribution in [1.29, 1.82) is 0 Å². The van der Waals surface area contributed by atoms with Gasteiger partial charge in [-0.2, -0.15) is 18.1 Å². The first kappa shape index (κ1) is 26.7. The molecule has 0 heterocycles. The number of Topliss-reactive ketones (excluding diaryl/α,β-unsaturated/α-hetero) is 1. The largest absolute Gasteiger partial charge is 0.356 e. The van der Waals surface area contributed by atoms with Crippen LogP contribution < -0.4 is 10.8 Å². The molecule has 0 aromatic heterocycles. The first-order valence-electron chi connectivity index (χ1n) is 10.7. The van der Waals surface area contributed by atoms with Gasteiger partial charge in [-0.05, 0) is 41.2 Å². The maximum atomic E-state index is 12.3. The molecular weight excluding hydrogens is 396 g/mol. The van der Waals surface area contributed by atoms with Crippen molar-refractivity contribution in [2.24, 2.45) is 5.41 Å². The quantitative estimate of drug-likeness (QED) is 0.288. The van der Waals surface area contributed by atoms with Crippen LogP contribution in [0.25, 0.3) is 0 Å². The van der Waals surface area contributed by atoms with Crippen LogP contribution in [0.2, 0.25) is 0 Å². The minimum atomic E-state index is -0.479. The zero-order valence-corrected chi connectivity index (χ0v) is 20.4. The highest BCUT2D eigenvalue weighted by Gasteiger charge is 2.31. The number of hydrogen-bond acceptors (Lipinski definition) is 5. The van der Waals surface area contributed by atoms with E-state index in [1.807, 2.05) is 12.4 Å². The molecule has 0 bridgehead atoms. The average Bonchev–Trinajstić information content (AvgIpc) is 2.58. The SMILES string of the molecule is CC(C)(CCC(=O)NCCc1ccc(C(C)(C)C)cc1)CC(C)(S)CC(=O)CNO. The van der Waals surface area contributed by atoms with E-state index in [1.54, 1.807) is 0 Å². The van der Waals surface area contributed by atoms with Crippen molar-refractivity contribution in [2.75, 3.05) is 13.1 Å². The Morgan fingerprint density at radius 3 is 2.17 bits per heavy atom. The molecule has 3 N–H and O–H groups in total. The Morgan fingerprint density at radius 1 is 1.03 bits per heavy atom. The fourth-order valence-electron chi connectivity index (χ4n) is 3.82. The van der Waals surface area contributed by atoms with Crippen LogP contribution in [0.4, 0.5) is 0 Å². The van der Waals surface area contributed by atoms with Crippen molar-refractivity contribution in [2.45, 2.75) is 83.8 Å². The lowest BCUT2D eigenvalue weighted by atomic mass is 9.78. The lowest BCUT2D eigenvalue weighted by Gasteiger charge is -2.34.